The topological polar surface area (TPSA) is 29.5 Å². The molecule has 2 aromatic rings. The normalized spacial score (nSPS) is 12.1. The summed E-state index contributed by atoms with van der Waals surface area (Å²) in [6.07, 6.45) is 0. The summed E-state index contributed by atoms with van der Waals surface area (Å²) in [5.74, 6) is 0.969. The number of hydrogen-bond acceptors (Lipinski definition) is 2. The predicted octanol–water partition coefficient (Wildman–Crippen LogP) is 2.99. The van der Waals surface area contributed by atoms with Crippen LogP contribution in [0.4, 0.5) is 0 Å². The van der Waals surface area contributed by atoms with Gasteiger partial charge in [-0.2, -0.15) is 0 Å². The van der Waals surface area contributed by atoms with E-state index in [9.17, 15) is 5.11 Å². The number of ether oxygens (including phenoxy) is 1. The van der Waals surface area contributed by atoms with E-state index in [1.165, 1.54) is 0 Å². The van der Waals surface area contributed by atoms with Crippen LogP contribution in [0.15, 0.2) is 48.5 Å². The Morgan fingerprint density at radius 2 is 1.59 bits per heavy atom. The van der Waals surface area contributed by atoms with E-state index >= 15 is 0 Å². The molecule has 17 heavy (non-hydrogen) atoms. The van der Waals surface area contributed by atoms with Crippen molar-refractivity contribution in [1.82, 2.24) is 0 Å². The lowest BCUT2D eigenvalue weighted by Gasteiger charge is -2.14. The summed E-state index contributed by atoms with van der Waals surface area (Å²) < 4.78 is 5.28. The lowest BCUT2D eigenvalue weighted by molar-refractivity contribution is 0.418. The molecule has 88 valence electrons. The van der Waals surface area contributed by atoms with Gasteiger partial charge >= 0.3 is 0 Å². The van der Waals surface area contributed by atoms with Crippen molar-refractivity contribution in [2.75, 3.05) is 7.11 Å². The number of hydrogen-bond donors (Lipinski definition) is 1. The maximum atomic E-state index is 9.80. The van der Waals surface area contributed by atoms with Crippen molar-refractivity contribution in [2.45, 2.75) is 0 Å². The van der Waals surface area contributed by atoms with Crippen LogP contribution in [0.3, 0.4) is 0 Å². The zero-order chi connectivity index (χ0) is 12.3. The molecule has 0 fully saturated rings. The minimum Gasteiger partial charge on any atom is -0.507 e. The van der Waals surface area contributed by atoms with E-state index in [1.807, 2.05) is 36.4 Å². The van der Waals surface area contributed by atoms with E-state index in [2.05, 4.69) is 0 Å². The molecule has 0 saturated carbocycles. The van der Waals surface area contributed by atoms with Crippen LogP contribution >= 0.6 is 18.5 Å². The average molecular weight is 267 g/mol. The predicted molar refractivity (Wildman–Crippen MR) is 73.1 cm³/mol. The number of para-hydroxylation sites is 2. The van der Waals surface area contributed by atoms with Crippen LogP contribution in [0, 0.1) is 0 Å². The first-order chi connectivity index (χ1) is 8.24. The molecule has 0 bridgehead atoms. The molecule has 1 atom stereocenters. The van der Waals surface area contributed by atoms with Crippen LogP contribution in [0.25, 0.3) is 0 Å². The lowest BCUT2D eigenvalue weighted by atomic mass is 10.3. The molecule has 2 rings (SSSR count). The Morgan fingerprint density at radius 3 is 2.24 bits per heavy atom. The molecule has 0 aliphatic carbocycles. The number of phenolic OH excluding ortho intramolecular Hbond substituents is 1. The molecule has 0 amide bonds. The van der Waals surface area contributed by atoms with Gasteiger partial charge < -0.3 is 9.84 Å². The standard InChI is InChI=1S/C13H12ClO2P/c1-16-11-7-3-5-9-13(11)17(14)12-8-4-2-6-10(12)15/h2-9,15H,1H3. The van der Waals surface area contributed by atoms with Crippen LogP contribution < -0.4 is 15.3 Å². The second kappa shape index (κ2) is 5.39. The highest BCUT2D eigenvalue weighted by atomic mass is 35.7. The number of benzene rings is 2. The molecule has 0 aliphatic rings. The van der Waals surface area contributed by atoms with Gasteiger partial charge in [-0.1, -0.05) is 35.5 Å². The fraction of sp³-hybridized carbons (Fsp3) is 0.0769. The van der Waals surface area contributed by atoms with Gasteiger partial charge in [-0.15, -0.1) is 0 Å². The first kappa shape index (κ1) is 12.2. The molecule has 4 heteroatoms. The summed E-state index contributed by atoms with van der Waals surface area (Å²) in [5.41, 5.74) is 0. The van der Waals surface area contributed by atoms with Gasteiger partial charge in [-0.3, -0.25) is 0 Å². The summed E-state index contributed by atoms with van der Waals surface area (Å²) in [5, 5.41) is 11.5. The van der Waals surface area contributed by atoms with Gasteiger partial charge in [-0.05, 0) is 24.3 Å². The maximum absolute atomic E-state index is 9.80. The van der Waals surface area contributed by atoms with Crippen molar-refractivity contribution in [1.29, 1.82) is 0 Å². The molecule has 0 aliphatic heterocycles. The van der Waals surface area contributed by atoms with Crippen LogP contribution in [0.5, 0.6) is 11.5 Å². The molecule has 2 aromatic carbocycles. The summed E-state index contributed by atoms with van der Waals surface area (Å²) in [6.45, 7) is 0. The van der Waals surface area contributed by atoms with Crippen LogP contribution in [0.2, 0.25) is 0 Å². The first-order valence-electron chi connectivity index (χ1n) is 5.11. The SMILES string of the molecule is COc1ccccc1P(Cl)c1ccccc1O. The van der Waals surface area contributed by atoms with E-state index in [0.29, 0.717) is 0 Å². The minimum absolute atomic E-state index is 0.222. The molecule has 1 N–H and O–H groups in total. The summed E-state index contributed by atoms with van der Waals surface area (Å²) in [6, 6.07) is 14.7. The van der Waals surface area contributed by atoms with Crippen molar-refractivity contribution in [2.24, 2.45) is 0 Å². The third-order valence-corrected chi connectivity index (χ3v) is 5.08. The number of halogens is 1. The number of aromatic hydroxyl groups is 1. The smallest absolute Gasteiger partial charge is 0.128 e. The van der Waals surface area contributed by atoms with Gasteiger partial charge in [0.2, 0.25) is 0 Å². The van der Waals surface area contributed by atoms with Crippen molar-refractivity contribution in [3.63, 3.8) is 0 Å². The second-order valence-corrected chi connectivity index (χ2v) is 5.98. The second-order valence-electron chi connectivity index (χ2n) is 3.44. The maximum Gasteiger partial charge on any atom is 0.128 e. The Kier molecular flexibility index (Phi) is 3.88. The Morgan fingerprint density at radius 1 is 1.00 bits per heavy atom. The van der Waals surface area contributed by atoms with Crippen molar-refractivity contribution in [3.05, 3.63) is 48.5 Å². The summed E-state index contributed by atoms with van der Waals surface area (Å²) >= 11 is 6.45. The summed E-state index contributed by atoms with van der Waals surface area (Å²) in [4.78, 5) is 0. The van der Waals surface area contributed by atoms with Gasteiger partial charge in [-0.25, -0.2) is 0 Å². The van der Waals surface area contributed by atoms with Gasteiger partial charge in [0.15, 0.2) is 0 Å². The summed E-state index contributed by atoms with van der Waals surface area (Å²) in [7, 11) is 0.494. The molecule has 0 saturated heterocycles. The molecular weight excluding hydrogens is 255 g/mol. The molecule has 0 radical (unpaired) electrons. The van der Waals surface area contributed by atoms with E-state index in [4.69, 9.17) is 16.0 Å². The first-order valence-corrected chi connectivity index (χ1v) is 7.35. The fourth-order valence-electron chi connectivity index (χ4n) is 1.55. The molecular formula is C13H12ClO2P. The highest BCUT2D eigenvalue weighted by Crippen LogP contribution is 2.44. The van der Waals surface area contributed by atoms with Crippen LogP contribution in [-0.2, 0) is 0 Å². The highest BCUT2D eigenvalue weighted by molar-refractivity contribution is 7.95. The Balaban J connectivity index is 2.44. The number of rotatable bonds is 3. The quantitative estimate of drug-likeness (QED) is 0.866. The number of methoxy groups -OCH3 is 1. The molecule has 1 unspecified atom stereocenters. The van der Waals surface area contributed by atoms with Gasteiger partial charge in [0, 0.05) is 10.6 Å². The Hall–Kier alpha value is -1.24. The average Bonchev–Trinajstić information content (AvgIpc) is 2.38. The Bertz CT molecular complexity index is 516. The molecule has 0 heterocycles. The van der Waals surface area contributed by atoms with Crippen molar-refractivity contribution >= 4 is 29.1 Å². The third-order valence-electron chi connectivity index (χ3n) is 2.39. The largest absolute Gasteiger partial charge is 0.507 e. The van der Waals surface area contributed by atoms with Gasteiger partial charge in [0.1, 0.15) is 11.5 Å². The minimum atomic E-state index is -1.12. The van der Waals surface area contributed by atoms with E-state index in [-0.39, 0.29) is 5.75 Å². The monoisotopic (exact) mass is 266 g/mol. The molecule has 0 spiro atoms. The van der Waals surface area contributed by atoms with Crippen molar-refractivity contribution in [3.8, 4) is 11.5 Å². The van der Waals surface area contributed by atoms with Crippen LogP contribution in [-0.4, -0.2) is 12.2 Å². The van der Waals surface area contributed by atoms with Crippen molar-refractivity contribution < 1.29 is 9.84 Å². The molecule has 0 aromatic heterocycles. The molecule has 2 nitrogen and oxygen atoms in total. The van der Waals surface area contributed by atoms with Gasteiger partial charge in [0.25, 0.3) is 0 Å². The van der Waals surface area contributed by atoms with Crippen LogP contribution in [0.1, 0.15) is 0 Å². The van der Waals surface area contributed by atoms with E-state index in [0.717, 1.165) is 16.4 Å². The lowest BCUT2D eigenvalue weighted by Crippen LogP contribution is -2.10. The Labute approximate surface area is 106 Å². The highest BCUT2D eigenvalue weighted by Gasteiger charge is 2.17. The fourth-order valence-corrected chi connectivity index (χ4v) is 3.73. The zero-order valence-electron chi connectivity index (χ0n) is 9.30. The van der Waals surface area contributed by atoms with E-state index < -0.39 is 7.27 Å². The van der Waals surface area contributed by atoms with E-state index in [1.54, 1.807) is 19.2 Å². The zero-order valence-corrected chi connectivity index (χ0v) is 10.9. The third kappa shape index (κ3) is 2.54. The van der Waals surface area contributed by atoms with Gasteiger partial charge in [0.05, 0.1) is 14.4 Å². The number of phenols is 1.